The molecule has 1 amide bonds. The quantitative estimate of drug-likeness (QED) is 0.595. The second-order valence-corrected chi connectivity index (χ2v) is 11.0. The number of sulfonamides is 1. The zero-order valence-corrected chi connectivity index (χ0v) is 19.7. The molecular weight excluding hydrogens is 430 g/mol. The van der Waals surface area contributed by atoms with E-state index >= 15 is 0 Å². The van der Waals surface area contributed by atoms with E-state index in [2.05, 4.69) is 24.9 Å². The number of aryl methyl sites for hydroxylation is 2. The Morgan fingerprint density at radius 1 is 1.13 bits per heavy atom. The van der Waals surface area contributed by atoms with Gasteiger partial charge in [-0.2, -0.15) is 9.30 Å². The van der Waals surface area contributed by atoms with Gasteiger partial charge in [-0.15, -0.1) is 0 Å². The van der Waals surface area contributed by atoms with E-state index in [-0.39, 0.29) is 10.8 Å². The number of thiazole rings is 1. The first-order chi connectivity index (χ1) is 14.8. The number of para-hydroxylation sites is 1. The maximum atomic E-state index is 12.9. The molecule has 0 unspecified atom stereocenters. The van der Waals surface area contributed by atoms with Crippen molar-refractivity contribution < 1.29 is 13.2 Å². The molecule has 2 heterocycles. The van der Waals surface area contributed by atoms with Crippen LogP contribution in [0.1, 0.15) is 42.6 Å². The molecule has 0 radical (unpaired) electrons. The Morgan fingerprint density at radius 2 is 1.81 bits per heavy atom. The van der Waals surface area contributed by atoms with Gasteiger partial charge in [-0.05, 0) is 61.1 Å². The third kappa shape index (κ3) is 4.24. The molecule has 164 valence electrons. The molecular formula is C23H27N3O3S2. The number of nitrogens with zero attached hydrogens (tertiary/aromatic N) is 3. The van der Waals surface area contributed by atoms with Crippen molar-refractivity contribution in [1.29, 1.82) is 0 Å². The molecule has 31 heavy (non-hydrogen) atoms. The Balaban J connectivity index is 1.61. The van der Waals surface area contributed by atoms with Gasteiger partial charge in [0.1, 0.15) is 0 Å². The van der Waals surface area contributed by atoms with Gasteiger partial charge in [0.15, 0.2) is 4.80 Å². The fourth-order valence-electron chi connectivity index (χ4n) is 3.97. The molecule has 0 spiro atoms. The number of rotatable bonds is 4. The number of piperidine rings is 1. The first kappa shape index (κ1) is 21.9. The van der Waals surface area contributed by atoms with E-state index in [0.717, 1.165) is 29.5 Å². The van der Waals surface area contributed by atoms with Crippen LogP contribution >= 0.6 is 11.3 Å². The highest BCUT2D eigenvalue weighted by Crippen LogP contribution is 2.24. The lowest BCUT2D eigenvalue weighted by Crippen LogP contribution is -2.37. The van der Waals surface area contributed by atoms with Crippen LogP contribution in [0.25, 0.3) is 10.2 Å². The van der Waals surface area contributed by atoms with Crippen molar-refractivity contribution >= 4 is 37.5 Å². The van der Waals surface area contributed by atoms with Crippen LogP contribution in [0.3, 0.4) is 0 Å². The maximum absolute atomic E-state index is 12.9. The second kappa shape index (κ2) is 8.68. The normalized spacial score (nSPS) is 16.8. The summed E-state index contributed by atoms with van der Waals surface area (Å²) in [7, 11) is -1.61. The Morgan fingerprint density at radius 3 is 2.45 bits per heavy atom. The molecule has 1 aliphatic heterocycles. The van der Waals surface area contributed by atoms with Gasteiger partial charge in [0.25, 0.3) is 5.91 Å². The smallest absolute Gasteiger partial charge is 0.279 e. The van der Waals surface area contributed by atoms with Crippen LogP contribution in [0.4, 0.5) is 0 Å². The Bertz CT molecular complexity index is 1280. The lowest BCUT2D eigenvalue weighted by atomic mass is 10.0. The molecule has 1 aromatic heterocycles. The predicted molar refractivity (Wildman–Crippen MR) is 124 cm³/mol. The van der Waals surface area contributed by atoms with E-state index in [4.69, 9.17) is 0 Å². The molecule has 1 fully saturated rings. The van der Waals surface area contributed by atoms with Gasteiger partial charge in [0.05, 0.1) is 15.1 Å². The summed E-state index contributed by atoms with van der Waals surface area (Å²) in [6, 6.07) is 12.3. The average Bonchev–Trinajstić information content (AvgIpc) is 3.09. The van der Waals surface area contributed by atoms with Gasteiger partial charge in [0, 0.05) is 25.7 Å². The predicted octanol–water partition coefficient (Wildman–Crippen LogP) is 3.96. The number of amides is 1. The zero-order valence-electron chi connectivity index (χ0n) is 18.0. The van der Waals surface area contributed by atoms with Gasteiger partial charge in [-0.1, -0.05) is 37.3 Å². The summed E-state index contributed by atoms with van der Waals surface area (Å²) in [4.78, 5) is 17.9. The van der Waals surface area contributed by atoms with Crippen molar-refractivity contribution in [2.75, 3.05) is 13.1 Å². The van der Waals surface area contributed by atoms with Crippen LogP contribution in [0.15, 0.2) is 52.4 Å². The monoisotopic (exact) mass is 457 g/mol. The number of hydrogen-bond acceptors (Lipinski definition) is 4. The van der Waals surface area contributed by atoms with E-state index in [1.54, 1.807) is 12.1 Å². The van der Waals surface area contributed by atoms with Gasteiger partial charge < -0.3 is 4.57 Å². The summed E-state index contributed by atoms with van der Waals surface area (Å²) < 4.78 is 30.4. The van der Waals surface area contributed by atoms with E-state index in [9.17, 15) is 13.2 Å². The van der Waals surface area contributed by atoms with Gasteiger partial charge in [-0.25, -0.2) is 8.42 Å². The third-order valence-electron chi connectivity index (χ3n) is 5.97. The van der Waals surface area contributed by atoms with Crippen LogP contribution in [0.5, 0.6) is 0 Å². The van der Waals surface area contributed by atoms with Gasteiger partial charge in [-0.3, -0.25) is 4.79 Å². The molecule has 4 rings (SSSR count). The number of hydrogen-bond donors (Lipinski definition) is 0. The summed E-state index contributed by atoms with van der Waals surface area (Å²) >= 11 is 1.48. The summed E-state index contributed by atoms with van der Waals surface area (Å²) in [6.45, 7) is 5.34. The lowest BCUT2D eigenvalue weighted by molar-refractivity contribution is 0.0998. The van der Waals surface area contributed by atoms with Crippen LogP contribution in [0.2, 0.25) is 0 Å². The largest absolute Gasteiger partial charge is 0.319 e. The molecule has 3 aromatic rings. The molecule has 0 aliphatic carbocycles. The molecule has 8 heteroatoms. The number of benzene rings is 2. The van der Waals surface area contributed by atoms with E-state index in [0.29, 0.717) is 29.4 Å². The fourth-order valence-corrected chi connectivity index (χ4v) is 6.51. The molecule has 1 aliphatic rings. The third-order valence-corrected chi connectivity index (χ3v) is 8.98. The van der Waals surface area contributed by atoms with E-state index < -0.39 is 10.0 Å². The maximum Gasteiger partial charge on any atom is 0.279 e. The van der Waals surface area contributed by atoms with Gasteiger partial charge in [0.2, 0.25) is 10.0 Å². The summed E-state index contributed by atoms with van der Waals surface area (Å²) in [6.07, 6.45) is 2.66. The minimum atomic E-state index is -3.53. The molecule has 6 nitrogen and oxygen atoms in total. The van der Waals surface area contributed by atoms with Crippen molar-refractivity contribution in [1.82, 2.24) is 8.87 Å². The lowest BCUT2D eigenvalue weighted by Gasteiger charge is -2.29. The summed E-state index contributed by atoms with van der Waals surface area (Å²) in [5.41, 5.74) is 2.69. The highest BCUT2D eigenvalue weighted by atomic mass is 32.2. The van der Waals surface area contributed by atoms with Crippen LogP contribution in [0, 0.1) is 5.92 Å². The highest BCUT2D eigenvalue weighted by molar-refractivity contribution is 7.89. The van der Waals surface area contributed by atoms with Crippen LogP contribution in [-0.2, 0) is 23.5 Å². The Labute approximate surface area is 186 Å². The van der Waals surface area contributed by atoms with E-state index in [1.165, 1.54) is 33.3 Å². The number of aromatic nitrogens is 1. The topological polar surface area (TPSA) is 71.7 Å². The standard InChI is InChI=1S/C23H27N3O3S2/c1-4-17-6-5-7-20-21(17)25(3)23(30-20)24-22(27)18-8-10-19(11-9-18)31(28,29)26-14-12-16(2)13-15-26/h5-11,16H,4,12-15H2,1-3H3. The van der Waals surface area contributed by atoms with Crippen molar-refractivity contribution in [2.45, 2.75) is 38.0 Å². The summed E-state index contributed by atoms with van der Waals surface area (Å²) in [5, 5.41) is 0. The number of carbonyl (C=O) groups excluding carboxylic acids is 1. The molecule has 0 saturated carbocycles. The fraction of sp³-hybridized carbons (Fsp3) is 0.391. The average molecular weight is 458 g/mol. The molecule has 0 N–H and O–H groups in total. The molecule has 0 atom stereocenters. The van der Waals surface area contributed by atoms with Crippen molar-refractivity contribution in [2.24, 2.45) is 18.0 Å². The van der Waals surface area contributed by atoms with Crippen molar-refractivity contribution in [3.63, 3.8) is 0 Å². The minimum absolute atomic E-state index is 0.221. The molecule has 1 saturated heterocycles. The number of fused-ring (bicyclic) bond motifs is 1. The molecule has 0 bridgehead atoms. The second-order valence-electron chi connectivity index (χ2n) is 8.09. The SMILES string of the molecule is CCc1cccc2sc(=NC(=O)c3ccc(S(=O)(=O)N4CCC(C)CC4)cc3)n(C)c12. The summed E-state index contributed by atoms with van der Waals surface area (Å²) in [5.74, 6) is 0.174. The van der Waals surface area contributed by atoms with E-state index in [1.807, 2.05) is 23.7 Å². The first-order valence-electron chi connectivity index (χ1n) is 10.6. The van der Waals surface area contributed by atoms with Crippen molar-refractivity contribution in [3.8, 4) is 0 Å². The Kier molecular flexibility index (Phi) is 6.14. The highest BCUT2D eigenvalue weighted by Gasteiger charge is 2.28. The van der Waals surface area contributed by atoms with Crippen molar-refractivity contribution in [3.05, 3.63) is 58.4 Å². The minimum Gasteiger partial charge on any atom is -0.319 e. The van der Waals surface area contributed by atoms with Crippen LogP contribution in [-0.4, -0.2) is 36.3 Å². The molecule has 2 aromatic carbocycles. The Hall–Kier alpha value is -2.29. The number of carbonyl (C=O) groups is 1. The van der Waals surface area contributed by atoms with Crippen LogP contribution < -0.4 is 4.80 Å². The zero-order chi connectivity index (χ0) is 22.2. The first-order valence-corrected chi connectivity index (χ1v) is 12.8. The van der Waals surface area contributed by atoms with Gasteiger partial charge >= 0.3 is 0 Å².